The Balaban J connectivity index is 2.00. The maximum absolute atomic E-state index is 7.25. The number of aryl methyl sites for hydroxylation is 2. The normalized spacial score (nSPS) is 10.2. The molecule has 5 heteroatoms. The maximum Gasteiger partial charge on any atom is 0.190 e. The summed E-state index contributed by atoms with van der Waals surface area (Å²) < 4.78 is 5.60. The summed E-state index contributed by atoms with van der Waals surface area (Å²) in [6, 6.07) is 13.8. The molecule has 0 saturated heterocycles. The predicted octanol–water partition coefficient (Wildman–Crippen LogP) is 5.32. The van der Waals surface area contributed by atoms with Crippen LogP contribution in [0.1, 0.15) is 18.1 Å². The van der Waals surface area contributed by atoms with Crippen molar-refractivity contribution >= 4 is 17.2 Å². The average molecular weight is 344 g/mol. The van der Waals surface area contributed by atoms with Gasteiger partial charge in [0.15, 0.2) is 17.3 Å². The molecular weight excluding hydrogens is 324 g/mol. The molecule has 0 aliphatic carbocycles. The van der Waals surface area contributed by atoms with Crippen molar-refractivity contribution in [2.24, 2.45) is 0 Å². The van der Waals surface area contributed by atoms with E-state index in [0.29, 0.717) is 17.3 Å². The van der Waals surface area contributed by atoms with E-state index in [2.05, 4.69) is 20.1 Å². The van der Waals surface area contributed by atoms with Crippen molar-refractivity contribution in [2.75, 3.05) is 12.4 Å². The van der Waals surface area contributed by atoms with Gasteiger partial charge in [0.1, 0.15) is 12.0 Å². The third-order valence-corrected chi connectivity index (χ3v) is 4.18. The largest absolute Gasteiger partial charge is 0.491 e. The zero-order valence-electron chi connectivity index (χ0n) is 15.1. The van der Waals surface area contributed by atoms with E-state index in [1.54, 1.807) is 7.11 Å². The first kappa shape index (κ1) is 17.4. The van der Waals surface area contributed by atoms with E-state index in [4.69, 9.17) is 11.3 Å². The summed E-state index contributed by atoms with van der Waals surface area (Å²) >= 11 is 0. The standard InChI is InChI=1S/C21H20N4O/c1-5-15-12-17(10-11-18(15)22-3)25-21-20(26-4)19(23-13-24-21)16-8-6-14(2)7-9-16/h6-13H,5H2,1-2,4H3,(H,23,24,25). The molecule has 130 valence electrons. The summed E-state index contributed by atoms with van der Waals surface area (Å²) in [5.41, 5.74) is 5.42. The summed E-state index contributed by atoms with van der Waals surface area (Å²) in [4.78, 5) is 12.3. The number of nitrogens with zero attached hydrogens (tertiary/aromatic N) is 3. The molecule has 0 spiro atoms. The number of anilines is 2. The Morgan fingerprint density at radius 3 is 2.54 bits per heavy atom. The van der Waals surface area contributed by atoms with Crippen LogP contribution in [0.4, 0.5) is 17.2 Å². The van der Waals surface area contributed by atoms with Crippen LogP contribution in [-0.4, -0.2) is 17.1 Å². The molecular formula is C21H20N4O. The van der Waals surface area contributed by atoms with Crippen molar-refractivity contribution in [3.05, 3.63) is 71.3 Å². The Morgan fingerprint density at radius 2 is 1.88 bits per heavy atom. The van der Waals surface area contributed by atoms with E-state index < -0.39 is 0 Å². The van der Waals surface area contributed by atoms with Crippen LogP contribution in [0.25, 0.3) is 16.1 Å². The molecule has 0 bridgehead atoms. The van der Waals surface area contributed by atoms with Crippen LogP contribution in [0.2, 0.25) is 0 Å². The Hall–Kier alpha value is -3.39. The third-order valence-electron chi connectivity index (χ3n) is 4.18. The summed E-state index contributed by atoms with van der Waals surface area (Å²) in [5.74, 6) is 1.18. The number of methoxy groups -OCH3 is 1. The van der Waals surface area contributed by atoms with Crippen LogP contribution in [0.5, 0.6) is 5.75 Å². The molecule has 1 aromatic heterocycles. The van der Waals surface area contributed by atoms with Gasteiger partial charge in [-0.15, -0.1) is 0 Å². The highest BCUT2D eigenvalue weighted by Gasteiger charge is 2.14. The fraction of sp³-hybridized carbons (Fsp3) is 0.190. The number of ether oxygens (including phenoxy) is 1. The van der Waals surface area contributed by atoms with E-state index in [1.165, 1.54) is 11.9 Å². The highest BCUT2D eigenvalue weighted by molar-refractivity contribution is 5.76. The Morgan fingerprint density at radius 1 is 1.12 bits per heavy atom. The van der Waals surface area contributed by atoms with Crippen molar-refractivity contribution in [1.82, 2.24) is 9.97 Å². The molecule has 0 amide bonds. The Labute approximate surface area is 153 Å². The molecule has 5 nitrogen and oxygen atoms in total. The number of aromatic nitrogens is 2. The topological polar surface area (TPSA) is 51.4 Å². The van der Waals surface area contributed by atoms with E-state index in [-0.39, 0.29) is 0 Å². The van der Waals surface area contributed by atoms with Crippen LogP contribution in [-0.2, 0) is 6.42 Å². The minimum Gasteiger partial charge on any atom is -0.491 e. The SMILES string of the molecule is [C-]#[N+]c1ccc(Nc2ncnc(-c3ccc(C)cc3)c2OC)cc1CC. The molecule has 0 aliphatic rings. The van der Waals surface area contributed by atoms with Gasteiger partial charge in [-0.1, -0.05) is 42.8 Å². The van der Waals surface area contributed by atoms with Gasteiger partial charge < -0.3 is 10.1 Å². The van der Waals surface area contributed by atoms with E-state index >= 15 is 0 Å². The number of nitrogens with one attached hydrogen (secondary N) is 1. The molecule has 1 N–H and O–H groups in total. The molecule has 2 aromatic carbocycles. The van der Waals surface area contributed by atoms with Gasteiger partial charge in [0.2, 0.25) is 0 Å². The van der Waals surface area contributed by atoms with Gasteiger partial charge in [-0.2, -0.15) is 0 Å². The lowest BCUT2D eigenvalue weighted by Crippen LogP contribution is -2.01. The maximum atomic E-state index is 7.25. The lowest BCUT2D eigenvalue weighted by atomic mass is 10.1. The van der Waals surface area contributed by atoms with E-state index in [0.717, 1.165) is 28.9 Å². The molecule has 0 atom stereocenters. The quantitative estimate of drug-likeness (QED) is 0.637. The molecule has 0 radical (unpaired) electrons. The van der Waals surface area contributed by atoms with Gasteiger partial charge in [-0.25, -0.2) is 14.8 Å². The van der Waals surface area contributed by atoms with E-state index in [9.17, 15) is 0 Å². The van der Waals surface area contributed by atoms with Gasteiger partial charge in [0, 0.05) is 11.3 Å². The highest BCUT2D eigenvalue weighted by atomic mass is 16.5. The summed E-state index contributed by atoms with van der Waals surface area (Å²) in [5, 5.41) is 3.29. The van der Waals surface area contributed by atoms with Crippen molar-refractivity contribution in [3.63, 3.8) is 0 Å². The fourth-order valence-corrected chi connectivity index (χ4v) is 2.77. The lowest BCUT2D eigenvalue weighted by Gasteiger charge is -2.14. The molecule has 0 fully saturated rings. The molecule has 0 unspecified atom stereocenters. The van der Waals surface area contributed by atoms with Gasteiger partial charge in [-0.3, -0.25) is 0 Å². The molecule has 1 heterocycles. The molecule has 3 aromatic rings. The first-order chi connectivity index (χ1) is 12.7. The van der Waals surface area contributed by atoms with Gasteiger partial charge in [0.05, 0.1) is 13.7 Å². The van der Waals surface area contributed by atoms with Crippen LogP contribution in [0.15, 0.2) is 48.8 Å². The second-order valence-electron chi connectivity index (χ2n) is 5.90. The van der Waals surface area contributed by atoms with Crippen molar-refractivity contribution in [3.8, 4) is 17.0 Å². The van der Waals surface area contributed by atoms with Gasteiger partial charge in [-0.05, 0) is 31.0 Å². The molecule has 0 aliphatic heterocycles. The van der Waals surface area contributed by atoms with Crippen molar-refractivity contribution in [2.45, 2.75) is 20.3 Å². The first-order valence-electron chi connectivity index (χ1n) is 8.39. The summed E-state index contributed by atoms with van der Waals surface area (Å²) in [7, 11) is 1.61. The fourth-order valence-electron chi connectivity index (χ4n) is 2.77. The lowest BCUT2D eigenvalue weighted by molar-refractivity contribution is 0.415. The Bertz CT molecular complexity index is 959. The van der Waals surface area contributed by atoms with Crippen LogP contribution in [0.3, 0.4) is 0 Å². The minimum absolute atomic E-state index is 0.587. The molecule has 0 saturated carbocycles. The smallest absolute Gasteiger partial charge is 0.190 e. The average Bonchev–Trinajstić information content (AvgIpc) is 2.68. The number of hydrogen-bond donors (Lipinski definition) is 1. The number of benzene rings is 2. The Kier molecular flexibility index (Phi) is 5.14. The summed E-state index contributed by atoms with van der Waals surface area (Å²) in [6.07, 6.45) is 2.32. The second kappa shape index (κ2) is 7.66. The zero-order chi connectivity index (χ0) is 18.5. The third kappa shape index (κ3) is 3.50. The number of rotatable bonds is 5. The van der Waals surface area contributed by atoms with Crippen molar-refractivity contribution < 1.29 is 4.74 Å². The first-order valence-corrected chi connectivity index (χ1v) is 8.39. The zero-order valence-corrected chi connectivity index (χ0v) is 15.1. The van der Waals surface area contributed by atoms with Gasteiger partial charge >= 0.3 is 0 Å². The second-order valence-corrected chi connectivity index (χ2v) is 5.90. The highest BCUT2D eigenvalue weighted by Crippen LogP contribution is 2.35. The molecule has 26 heavy (non-hydrogen) atoms. The predicted molar refractivity (Wildman–Crippen MR) is 104 cm³/mol. The van der Waals surface area contributed by atoms with Crippen LogP contribution < -0.4 is 10.1 Å². The number of hydrogen-bond acceptors (Lipinski definition) is 4. The van der Waals surface area contributed by atoms with Crippen LogP contribution >= 0.6 is 0 Å². The minimum atomic E-state index is 0.587. The van der Waals surface area contributed by atoms with Gasteiger partial charge in [0.25, 0.3) is 0 Å². The molecule has 3 rings (SSSR count). The summed E-state index contributed by atoms with van der Waals surface area (Å²) in [6.45, 7) is 11.3. The van der Waals surface area contributed by atoms with Crippen molar-refractivity contribution in [1.29, 1.82) is 0 Å². The monoisotopic (exact) mass is 344 g/mol. The van der Waals surface area contributed by atoms with Crippen LogP contribution in [0, 0.1) is 13.5 Å². The van der Waals surface area contributed by atoms with E-state index in [1.807, 2.05) is 56.3 Å².